The summed E-state index contributed by atoms with van der Waals surface area (Å²) in [6.45, 7) is 7.86. The highest BCUT2D eigenvalue weighted by Crippen LogP contribution is 2.50. The van der Waals surface area contributed by atoms with Gasteiger partial charge in [0.1, 0.15) is 0 Å². The van der Waals surface area contributed by atoms with Crippen molar-refractivity contribution in [2.75, 3.05) is 5.75 Å². The van der Waals surface area contributed by atoms with Gasteiger partial charge in [0.05, 0.1) is 16.9 Å². The lowest BCUT2D eigenvalue weighted by Crippen LogP contribution is -2.40. The van der Waals surface area contributed by atoms with Crippen LogP contribution in [-0.2, 0) is 14.8 Å². The molecule has 1 aliphatic heterocycles. The standard InChI is InChI=1S/C27H34BrNO4S2/c1-4-6-7-8-9-23-26(34-18-5-2)24(27(30)31)25(20-12-14-21(28)15-13-20)29(23)35(32,33)22-16-10-19(3)11-17-22/h5,10-17,23-26H,2,4,6-9,18H2,1,3H3,(H,30,31)/t23?,24-,25?,26+/m0/s1. The lowest BCUT2D eigenvalue weighted by Gasteiger charge is -2.31. The Morgan fingerprint density at radius 1 is 1.11 bits per heavy atom. The zero-order chi connectivity index (χ0) is 25.6. The number of aliphatic carboxylic acids is 1. The van der Waals surface area contributed by atoms with Gasteiger partial charge >= 0.3 is 5.97 Å². The average Bonchev–Trinajstić information content (AvgIpc) is 3.16. The van der Waals surface area contributed by atoms with E-state index in [1.165, 1.54) is 16.1 Å². The lowest BCUT2D eigenvalue weighted by molar-refractivity contribution is -0.142. The monoisotopic (exact) mass is 579 g/mol. The second-order valence-electron chi connectivity index (χ2n) is 9.01. The van der Waals surface area contributed by atoms with Crippen LogP contribution in [0.1, 0.15) is 56.2 Å². The number of carbonyl (C=O) groups is 1. The van der Waals surface area contributed by atoms with Crippen LogP contribution in [-0.4, -0.2) is 40.8 Å². The third kappa shape index (κ3) is 6.40. The molecule has 35 heavy (non-hydrogen) atoms. The van der Waals surface area contributed by atoms with Crippen LogP contribution in [0.4, 0.5) is 0 Å². The maximum Gasteiger partial charge on any atom is 0.309 e. The summed E-state index contributed by atoms with van der Waals surface area (Å²) in [5.74, 6) is -1.29. The number of benzene rings is 2. The van der Waals surface area contributed by atoms with Gasteiger partial charge in [-0.3, -0.25) is 4.79 Å². The van der Waals surface area contributed by atoms with Crippen LogP contribution in [0.2, 0.25) is 0 Å². The quantitative estimate of drug-likeness (QED) is 0.220. The smallest absolute Gasteiger partial charge is 0.309 e. The molecular formula is C27H34BrNO4S2. The Bertz CT molecular complexity index is 1100. The van der Waals surface area contributed by atoms with Crippen molar-refractivity contribution in [1.29, 1.82) is 0 Å². The summed E-state index contributed by atoms with van der Waals surface area (Å²) in [7, 11) is -3.96. The molecule has 190 valence electrons. The molecule has 0 amide bonds. The molecule has 1 saturated heterocycles. The number of sulfonamides is 1. The van der Waals surface area contributed by atoms with Crippen LogP contribution in [0.25, 0.3) is 0 Å². The number of halogens is 1. The number of carboxylic acids is 1. The number of thioether (sulfide) groups is 1. The number of aryl methyl sites for hydroxylation is 1. The second kappa shape index (κ2) is 12.6. The number of rotatable bonds is 12. The molecule has 0 aliphatic carbocycles. The van der Waals surface area contributed by atoms with Crippen LogP contribution in [0.3, 0.4) is 0 Å². The van der Waals surface area contributed by atoms with Crippen LogP contribution in [0.15, 0.2) is 70.6 Å². The van der Waals surface area contributed by atoms with Gasteiger partial charge in [-0.2, -0.15) is 16.1 Å². The molecule has 5 nitrogen and oxygen atoms in total. The SMILES string of the molecule is C=CCS[C@@H]1C(CCCCCC)N(S(=O)(=O)c2ccc(C)cc2)C(c2ccc(Br)cc2)[C@@H]1C(=O)O. The Labute approximate surface area is 222 Å². The minimum Gasteiger partial charge on any atom is -0.481 e. The number of carboxylic acid groups (broad SMARTS) is 1. The molecule has 2 aromatic carbocycles. The van der Waals surface area contributed by atoms with Gasteiger partial charge in [-0.1, -0.05) is 84.4 Å². The fraction of sp³-hybridized carbons (Fsp3) is 0.444. The molecule has 1 aliphatic rings. The number of hydrogen-bond acceptors (Lipinski definition) is 4. The van der Waals surface area contributed by atoms with Crippen molar-refractivity contribution in [3.63, 3.8) is 0 Å². The molecule has 8 heteroatoms. The molecule has 0 saturated carbocycles. The summed E-state index contributed by atoms with van der Waals surface area (Å²) in [5.41, 5.74) is 1.66. The van der Waals surface area contributed by atoms with E-state index < -0.39 is 34.0 Å². The molecule has 0 spiro atoms. The van der Waals surface area contributed by atoms with Gasteiger partial charge in [-0.15, -0.1) is 6.58 Å². The minimum absolute atomic E-state index is 0.197. The van der Waals surface area contributed by atoms with E-state index in [2.05, 4.69) is 29.4 Å². The van der Waals surface area contributed by atoms with Crippen molar-refractivity contribution in [2.24, 2.45) is 5.92 Å². The fourth-order valence-electron chi connectivity index (χ4n) is 4.84. The molecule has 1 fully saturated rings. The van der Waals surface area contributed by atoms with E-state index in [1.807, 2.05) is 31.2 Å². The normalized spacial score (nSPS) is 22.8. The molecule has 1 N–H and O–H groups in total. The summed E-state index contributed by atoms with van der Waals surface area (Å²) < 4.78 is 30.7. The predicted molar refractivity (Wildman–Crippen MR) is 147 cm³/mol. The van der Waals surface area contributed by atoms with Gasteiger partial charge in [0.15, 0.2) is 0 Å². The Morgan fingerprint density at radius 2 is 1.77 bits per heavy atom. The first kappa shape index (κ1) is 28.0. The highest BCUT2D eigenvalue weighted by atomic mass is 79.9. The van der Waals surface area contributed by atoms with Gasteiger partial charge in [-0.05, 0) is 43.2 Å². The first-order chi connectivity index (χ1) is 16.7. The van der Waals surface area contributed by atoms with Crippen LogP contribution >= 0.6 is 27.7 Å². The van der Waals surface area contributed by atoms with E-state index in [-0.39, 0.29) is 10.1 Å². The maximum absolute atomic E-state index is 14.2. The first-order valence-corrected chi connectivity index (χ1v) is 15.3. The van der Waals surface area contributed by atoms with E-state index in [0.717, 1.165) is 35.7 Å². The lowest BCUT2D eigenvalue weighted by atomic mass is 9.92. The Morgan fingerprint density at radius 3 is 2.34 bits per heavy atom. The van der Waals surface area contributed by atoms with Crippen molar-refractivity contribution in [3.8, 4) is 0 Å². The highest BCUT2D eigenvalue weighted by Gasteiger charge is 2.56. The van der Waals surface area contributed by atoms with Gasteiger partial charge in [0.25, 0.3) is 0 Å². The number of nitrogens with zero attached hydrogens (tertiary/aromatic N) is 1. The van der Waals surface area contributed by atoms with E-state index >= 15 is 0 Å². The molecule has 4 atom stereocenters. The molecule has 0 radical (unpaired) electrons. The fourth-order valence-corrected chi connectivity index (χ4v) is 8.37. The first-order valence-electron chi connectivity index (χ1n) is 12.0. The molecule has 2 aromatic rings. The Kier molecular flexibility index (Phi) is 10.0. The molecule has 3 rings (SSSR count). The van der Waals surface area contributed by atoms with Gasteiger partial charge < -0.3 is 5.11 Å². The third-order valence-corrected chi connectivity index (χ3v) is 10.4. The van der Waals surface area contributed by atoms with Crippen LogP contribution in [0.5, 0.6) is 0 Å². The minimum atomic E-state index is -3.96. The summed E-state index contributed by atoms with van der Waals surface area (Å²) >= 11 is 4.94. The molecular weight excluding hydrogens is 546 g/mol. The van der Waals surface area contributed by atoms with Crippen molar-refractivity contribution in [3.05, 3.63) is 76.8 Å². The van der Waals surface area contributed by atoms with Crippen molar-refractivity contribution in [2.45, 2.75) is 68.2 Å². The van der Waals surface area contributed by atoms with E-state index in [0.29, 0.717) is 17.7 Å². The van der Waals surface area contributed by atoms with E-state index in [1.54, 1.807) is 30.3 Å². The van der Waals surface area contributed by atoms with E-state index in [9.17, 15) is 18.3 Å². The predicted octanol–water partition coefficient (Wildman–Crippen LogP) is 6.83. The summed E-state index contributed by atoms with van der Waals surface area (Å²) in [6.07, 6.45) is 6.36. The van der Waals surface area contributed by atoms with Gasteiger partial charge in [0.2, 0.25) is 10.0 Å². The maximum atomic E-state index is 14.2. The third-order valence-electron chi connectivity index (χ3n) is 6.53. The van der Waals surface area contributed by atoms with Gasteiger partial charge in [-0.25, -0.2) is 8.42 Å². The van der Waals surface area contributed by atoms with Gasteiger partial charge in [0, 0.05) is 21.5 Å². The van der Waals surface area contributed by atoms with Crippen LogP contribution < -0.4 is 0 Å². The summed E-state index contributed by atoms with van der Waals surface area (Å²) in [6, 6.07) is 12.9. The van der Waals surface area contributed by atoms with Crippen molar-refractivity contribution < 1.29 is 18.3 Å². The molecule has 0 bridgehead atoms. The second-order valence-corrected chi connectivity index (χ2v) is 13.0. The van der Waals surface area contributed by atoms with Crippen molar-refractivity contribution in [1.82, 2.24) is 4.31 Å². The zero-order valence-electron chi connectivity index (χ0n) is 20.3. The highest BCUT2D eigenvalue weighted by molar-refractivity contribution is 9.10. The van der Waals surface area contributed by atoms with E-state index in [4.69, 9.17) is 0 Å². The Hall–Kier alpha value is -1.61. The zero-order valence-corrected chi connectivity index (χ0v) is 23.5. The average molecular weight is 581 g/mol. The summed E-state index contributed by atoms with van der Waals surface area (Å²) in [5, 5.41) is 10.0. The number of hydrogen-bond donors (Lipinski definition) is 1. The molecule has 2 unspecified atom stereocenters. The largest absolute Gasteiger partial charge is 0.481 e. The topological polar surface area (TPSA) is 74.7 Å². The number of unbranched alkanes of at least 4 members (excludes halogenated alkanes) is 3. The van der Waals surface area contributed by atoms with Crippen molar-refractivity contribution >= 4 is 43.7 Å². The summed E-state index contributed by atoms with van der Waals surface area (Å²) in [4.78, 5) is 12.9. The van der Waals surface area contributed by atoms with Crippen LogP contribution in [0, 0.1) is 12.8 Å². The molecule has 1 heterocycles. The Balaban J connectivity index is 2.18. The molecule has 0 aromatic heterocycles.